The van der Waals surface area contributed by atoms with Crippen LogP contribution in [-0.2, 0) is 12.8 Å². The van der Waals surface area contributed by atoms with E-state index >= 15 is 0 Å². The van der Waals surface area contributed by atoms with Crippen molar-refractivity contribution < 1.29 is 4.39 Å². The summed E-state index contributed by atoms with van der Waals surface area (Å²) in [4.78, 5) is 0. The van der Waals surface area contributed by atoms with Gasteiger partial charge in [0.05, 0.1) is 5.02 Å². The van der Waals surface area contributed by atoms with Crippen LogP contribution in [-0.4, -0.2) is 13.1 Å². The lowest BCUT2D eigenvalue weighted by Crippen LogP contribution is -2.56. The molecule has 0 atom stereocenters. The Bertz CT molecular complexity index is 593. The molecule has 1 nitrogen and oxygen atoms in total. The topological polar surface area (TPSA) is 12.0 Å². The van der Waals surface area contributed by atoms with Crippen LogP contribution in [0.5, 0.6) is 0 Å². The predicted octanol–water partition coefficient (Wildman–Crippen LogP) is 3.85. The molecule has 3 heteroatoms. The van der Waals surface area contributed by atoms with Crippen molar-refractivity contribution in [3.63, 3.8) is 0 Å². The molecule has 0 amide bonds. The Labute approximate surface area is 123 Å². The highest BCUT2D eigenvalue weighted by atomic mass is 35.5. The van der Waals surface area contributed by atoms with Crippen molar-refractivity contribution in [1.29, 1.82) is 0 Å². The van der Waals surface area contributed by atoms with Crippen molar-refractivity contribution in [3.05, 3.63) is 70.5 Å². The molecule has 1 aliphatic heterocycles. The molecule has 0 unspecified atom stereocenters. The van der Waals surface area contributed by atoms with E-state index in [0.29, 0.717) is 0 Å². The average molecular weight is 290 g/mol. The summed E-state index contributed by atoms with van der Waals surface area (Å²) in [6.07, 6.45) is 1.96. The summed E-state index contributed by atoms with van der Waals surface area (Å²) >= 11 is 5.87. The van der Waals surface area contributed by atoms with Crippen LogP contribution in [0.25, 0.3) is 0 Å². The number of rotatable bonds is 4. The highest BCUT2D eigenvalue weighted by molar-refractivity contribution is 6.30. The first-order valence-corrected chi connectivity index (χ1v) is 7.23. The minimum Gasteiger partial charge on any atom is -0.315 e. The summed E-state index contributed by atoms with van der Waals surface area (Å²) in [5, 5.41) is 3.57. The van der Waals surface area contributed by atoms with Crippen LogP contribution in [0.4, 0.5) is 4.39 Å². The van der Waals surface area contributed by atoms with Crippen LogP contribution in [0, 0.1) is 11.2 Å². The van der Waals surface area contributed by atoms with Crippen molar-refractivity contribution in [2.75, 3.05) is 13.1 Å². The maximum absolute atomic E-state index is 13.2. The van der Waals surface area contributed by atoms with E-state index in [1.165, 1.54) is 11.6 Å². The number of hydrogen-bond acceptors (Lipinski definition) is 1. The third kappa shape index (κ3) is 2.87. The Kier molecular flexibility index (Phi) is 3.77. The maximum atomic E-state index is 13.2. The Hall–Kier alpha value is -1.38. The minimum atomic E-state index is -0.348. The molecule has 2 aromatic carbocycles. The van der Waals surface area contributed by atoms with Crippen LogP contribution in [0.3, 0.4) is 0 Å². The monoisotopic (exact) mass is 289 g/mol. The van der Waals surface area contributed by atoms with Gasteiger partial charge in [-0.3, -0.25) is 0 Å². The number of halogens is 2. The Balaban J connectivity index is 1.77. The second-order valence-electron chi connectivity index (χ2n) is 5.69. The number of hydrogen-bond donors (Lipinski definition) is 1. The molecule has 1 N–H and O–H groups in total. The van der Waals surface area contributed by atoms with Crippen molar-refractivity contribution >= 4 is 11.6 Å². The summed E-state index contributed by atoms with van der Waals surface area (Å²) < 4.78 is 13.2. The van der Waals surface area contributed by atoms with Gasteiger partial charge in [0, 0.05) is 18.5 Å². The molecule has 1 saturated heterocycles. The highest BCUT2D eigenvalue weighted by Gasteiger charge is 2.37. The van der Waals surface area contributed by atoms with E-state index in [1.807, 2.05) is 12.1 Å². The van der Waals surface area contributed by atoms with Gasteiger partial charge in [0.2, 0.25) is 0 Å². The molecular weight excluding hydrogens is 273 g/mol. The predicted molar refractivity (Wildman–Crippen MR) is 80.6 cm³/mol. The molecule has 20 heavy (non-hydrogen) atoms. The Morgan fingerprint density at radius 1 is 1.00 bits per heavy atom. The quantitative estimate of drug-likeness (QED) is 0.901. The van der Waals surface area contributed by atoms with E-state index in [1.54, 1.807) is 6.07 Å². The van der Waals surface area contributed by atoms with Crippen LogP contribution in [0.1, 0.15) is 11.1 Å². The van der Waals surface area contributed by atoms with E-state index in [2.05, 4.69) is 29.6 Å². The zero-order valence-corrected chi connectivity index (χ0v) is 12.0. The first-order valence-electron chi connectivity index (χ1n) is 6.86. The SMILES string of the molecule is Fc1ccc(CC2(Cc3ccccc3)CNC2)cc1Cl. The number of benzene rings is 2. The van der Waals surface area contributed by atoms with Crippen LogP contribution < -0.4 is 5.32 Å². The molecule has 1 heterocycles. The zero-order chi connectivity index (χ0) is 14.0. The molecule has 1 aliphatic rings. The van der Waals surface area contributed by atoms with E-state index in [0.717, 1.165) is 31.5 Å². The third-order valence-corrected chi connectivity index (χ3v) is 4.27. The van der Waals surface area contributed by atoms with Crippen molar-refractivity contribution in [2.45, 2.75) is 12.8 Å². The fourth-order valence-electron chi connectivity index (χ4n) is 2.90. The molecule has 2 aromatic rings. The van der Waals surface area contributed by atoms with Gasteiger partial charge in [-0.1, -0.05) is 48.0 Å². The fraction of sp³-hybridized carbons (Fsp3) is 0.294. The maximum Gasteiger partial charge on any atom is 0.141 e. The first-order chi connectivity index (χ1) is 9.67. The summed E-state index contributed by atoms with van der Waals surface area (Å²) in [5.41, 5.74) is 2.68. The molecule has 0 radical (unpaired) electrons. The average Bonchev–Trinajstić information content (AvgIpc) is 2.41. The molecule has 104 valence electrons. The van der Waals surface area contributed by atoms with Gasteiger partial charge in [0.25, 0.3) is 0 Å². The van der Waals surface area contributed by atoms with Crippen LogP contribution in [0.2, 0.25) is 5.02 Å². The molecule has 0 aromatic heterocycles. The summed E-state index contributed by atoms with van der Waals surface area (Å²) in [7, 11) is 0. The van der Waals surface area contributed by atoms with Gasteiger partial charge in [-0.15, -0.1) is 0 Å². The smallest absolute Gasteiger partial charge is 0.141 e. The van der Waals surface area contributed by atoms with Crippen LogP contribution >= 0.6 is 11.6 Å². The minimum absolute atomic E-state index is 0.213. The highest BCUT2D eigenvalue weighted by Crippen LogP contribution is 2.32. The molecule has 0 aliphatic carbocycles. The van der Waals surface area contributed by atoms with Gasteiger partial charge in [0.1, 0.15) is 5.82 Å². The normalized spacial score (nSPS) is 16.7. The van der Waals surface area contributed by atoms with Crippen molar-refractivity contribution in [3.8, 4) is 0 Å². The molecule has 0 saturated carbocycles. The van der Waals surface area contributed by atoms with Gasteiger partial charge < -0.3 is 5.32 Å². The summed E-state index contributed by atoms with van der Waals surface area (Å²) in [5.74, 6) is -0.348. The summed E-state index contributed by atoms with van der Waals surface area (Å²) in [6.45, 7) is 1.99. The van der Waals surface area contributed by atoms with Crippen molar-refractivity contribution in [2.24, 2.45) is 5.41 Å². The lowest BCUT2D eigenvalue weighted by Gasteiger charge is -2.43. The molecule has 3 rings (SSSR count). The van der Waals surface area contributed by atoms with Gasteiger partial charge in [-0.2, -0.15) is 0 Å². The van der Waals surface area contributed by atoms with E-state index in [4.69, 9.17) is 11.6 Å². The van der Waals surface area contributed by atoms with Crippen LogP contribution in [0.15, 0.2) is 48.5 Å². The fourth-order valence-corrected chi connectivity index (χ4v) is 3.11. The van der Waals surface area contributed by atoms with Gasteiger partial charge in [-0.05, 0) is 36.1 Å². The standard InChI is InChI=1S/C17H17ClFN/c18-15-8-14(6-7-16(15)19)10-17(11-20-12-17)9-13-4-2-1-3-5-13/h1-8,20H,9-12H2. The van der Waals surface area contributed by atoms with Gasteiger partial charge >= 0.3 is 0 Å². The molecule has 0 bridgehead atoms. The Morgan fingerprint density at radius 3 is 2.30 bits per heavy atom. The summed E-state index contributed by atoms with van der Waals surface area (Å²) in [6, 6.07) is 15.6. The first kappa shape index (κ1) is 13.6. The second-order valence-corrected chi connectivity index (χ2v) is 6.10. The lowest BCUT2D eigenvalue weighted by molar-refractivity contribution is 0.166. The molecule has 0 spiro atoms. The van der Waals surface area contributed by atoms with Crippen molar-refractivity contribution in [1.82, 2.24) is 5.32 Å². The lowest BCUT2D eigenvalue weighted by atomic mass is 9.72. The largest absolute Gasteiger partial charge is 0.315 e. The molecular formula is C17H17ClFN. The Morgan fingerprint density at radius 2 is 1.70 bits per heavy atom. The van der Waals surface area contributed by atoms with Gasteiger partial charge in [0.15, 0.2) is 0 Å². The van der Waals surface area contributed by atoms with E-state index < -0.39 is 0 Å². The third-order valence-electron chi connectivity index (χ3n) is 3.99. The zero-order valence-electron chi connectivity index (χ0n) is 11.2. The molecule has 1 fully saturated rings. The van der Waals surface area contributed by atoms with E-state index in [-0.39, 0.29) is 16.3 Å². The van der Waals surface area contributed by atoms with E-state index in [9.17, 15) is 4.39 Å². The number of nitrogens with one attached hydrogen (secondary N) is 1. The van der Waals surface area contributed by atoms with Gasteiger partial charge in [-0.25, -0.2) is 4.39 Å². The second kappa shape index (κ2) is 5.55.